The second kappa shape index (κ2) is 12.1. The number of halogens is 1. The van der Waals surface area contributed by atoms with Gasteiger partial charge < -0.3 is 29.2 Å². The van der Waals surface area contributed by atoms with Crippen LogP contribution in [0.15, 0.2) is 71.1 Å². The van der Waals surface area contributed by atoms with E-state index in [-0.39, 0.29) is 30.0 Å². The molecule has 3 aliphatic rings. The number of carbonyl (C=O) groups excluding carboxylic acids is 2. The Balaban J connectivity index is 1.28. The van der Waals surface area contributed by atoms with E-state index in [0.29, 0.717) is 34.8 Å². The number of nitrogens with one attached hydrogen (secondary N) is 1. The number of allylic oxidation sites excluding steroid dienone is 2. The van der Waals surface area contributed by atoms with Crippen molar-refractivity contribution in [2.45, 2.75) is 44.5 Å². The predicted molar refractivity (Wildman–Crippen MR) is 154 cm³/mol. The lowest BCUT2D eigenvalue weighted by Crippen LogP contribution is -2.45. The lowest BCUT2D eigenvalue weighted by molar-refractivity contribution is -0.384. The summed E-state index contributed by atoms with van der Waals surface area (Å²) >= 11 is 6.02. The molecule has 3 aliphatic heterocycles. The molecule has 2 atom stereocenters. The first-order valence-corrected chi connectivity index (χ1v) is 14.0. The number of carbonyl (C=O) groups is 2. The third-order valence-electron chi connectivity index (χ3n) is 7.83. The molecular weight excluding hydrogens is 566 g/mol. The van der Waals surface area contributed by atoms with E-state index < -0.39 is 34.7 Å². The number of nitro groups is 1. The number of esters is 2. The Labute approximate surface area is 248 Å². The van der Waals surface area contributed by atoms with E-state index in [2.05, 4.69) is 10.2 Å². The highest BCUT2D eigenvalue weighted by atomic mass is 35.5. The quantitative estimate of drug-likeness (QED) is 0.274. The highest BCUT2D eigenvalue weighted by Gasteiger charge is 2.45. The third-order valence-corrected chi connectivity index (χ3v) is 8.08. The summed E-state index contributed by atoms with van der Waals surface area (Å²) < 4.78 is 23.1. The fraction of sp³-hybridized carbons (Fsp3) is 0.400. The number of rotatable bonds is 7. The van der Waals surface area contributed by atoms with Crippen molar-refractivity contribution in [1.82, 2.24) is 5.32 Å². The molecule has 0 radical (unpaired) electrons. The molecule has 0 aromatic heterocycles. The molecule has 3 heterocycles. The van der Waals surface area contributed by atoms with Crippen LogP contribution in [0, 0.1) is 10.1 Å². The van der Waals surface area contributed by atoms with Crippen molar-refractivity contribution >= 4 is 34.9 Å². The van der Waals surface area contributed by atoms with E-state index in [1.165, 1.54) is 25.3 Å². The molecule has 11 nitrogen and oxygen atoms in total. The second-order valence-electron chi connectivity index (χ2n) is 10.5. The van der Waals surface area contributed by atoms with Gasteiger partial charge in [-0.1, -0.05) is 23.7 Å². The molecule has 0 saturated carbocycles. The maximum absolute atomic E-state index is 13.6. The second-order valence-corrected chi connectivity index (χ2v) is 10.9. The first-order valence-electron chi connectivity index (χ1n) is 13.6. The predicted octanol–water partition coefficient (Wildman–Crippen LogP) is 4.61. The number of dihydropyridines is 1. The van der Waals surface area contributed by atoms with Crippen LogP contribution in [0.25, 0.3) is 0 Å². The monoisotopic (exact) mass is 597 g/mol. The summed E-state index contributed by atoms with van der Waals surface area (Å²) in [6, 6.07) is 13.5. The number of hydrogen-bond acceptors (Lipinski definition) is 10. The molecule has 2 aromatic rings. The van der Waals surface area contributed by atoms with Crippen molar-refractivity contribution in [3.05, 3.63) is 91.8 Å². The molecule has 2 aromatic carbocycles. The number of nitro benzene ring substituents is 1. The Bertz CT molecular complexity index is 1450. The van der Waals surface area contributed by atoms with Crippen LogP contribution in [0.2, 0.25) is 5.02 Å². The van der Waals surface area contributed by atoms with Gasteiger partial charge in [-0.3, -0.25) is 10.1 Å². The molecule has 2 saturated heterocycles. The summed E-state index contributed by atoms with van der Waals surface area (Å²) in [4.78, 5) is 39.6. The molecule has 5 rings (SSSR count). The van der Waals surface area contributed by atoms with Crippen molar-refractivity contribution in [2.24, 2.45) is 0 Å². The van der Waals surface area contributed by atoms with E-state index >= 15 is 0 Å². The Morgan fingerprint density at radius 3 is 2.40 bits per heavy atom. The number of nitrogens with zero attached hydrogens (tertiary/aromatic N) is 2. The summed E-state index contributed by atoms with van der Waals surface area (Å²) in [5, 5.41) is 15.2. The van der Waals surface area contributed by atoms with Gasteiger partial charge in [0.1, 0.15) is 12.7 Å². The number of anilines is 1. The van der Waals surface area contributed by atoms with Crippen LogP contribution >= 0.6 is 11.6 Å². The van der Waals surface area contributed by atoms with Crippen molar-refractivity contribution in [3.63, 3.8) is 0 Å². The average Bonchev–Trinajstić information content (AvgIpc) is 3.38. The van der Waals surface area contributed by atoms with Gasteiger partial charge in [-0.25, -0.2) is 9.59 Å². The minimum atomic E-state index is -0.935. The van der Waals surface area contributed by atoms with Gasteiger partial charge in [-0.05, 0) is 43.7 Å². The Hall–Kier alpha value is -3.93. The van der Waals surface area contributed by atoms with Crippen LogP contribution in [0.3, 0.4) is 0 Å². The van der Waals surface area contributed by atoms with Gasteiger partial charge in [0.15, 0.2) is 5.79 Å². The Kier molecular flexibility index (Phi) is 8.53. The topological polar surface area (TPSA) is 129 Å². The zero-order chi connectivity index (χ0) is 30.0. The van der Waals surface area contributed by atoms with Crippen molar-refractivity contribution in [2.75, 3.05) is 38.3 Å². The van der Waals surface area contributed by atoms with E-state index in [0.717, 1.165) is 18.8 Å². The molecule has 12 heteroatoms. The Morgan fingerprint density at radius 1 is 1.10 bits per heavy atom. The minimum Gasteiger partial charge on any atom is -0.466 e. The molecule has 222 valence electrons. The zero-order valence-corrected chi connectivity index (χ0v) is 24.3. The van der Waals surface area contributed by atoms with Gasteiger partial charge in [-0.15, -0.1) is 0 Å². The summed E-state index contributed by atoms with van der Waals surface area (Å²) in [7, 11) is 1.24. The maximum atomic E-state index is 13.6. The Morgan fingerprint density at radius 2 is 1.76 bits per heavy atom. The van der Waals surface area contributed by atoms with E-state index in [9.17, 15) is 19.7 Å². The van der Waals surface area contributed by atoms with E-state index in [1.54, 1.807) is 19.9 Å². The molecule has 2 fully saturated rings. The summed E-state index contributed by atoms with van der Waals surface area (Å²) in [6.07, 6.45) is 0.827. The number of piperidine rings is 1. The van der Waals surface area contributed by atoms with Gasteiger partial charge in [0.2, 0.25) is 0 Å². The molecule has 1 N–H and O–H groups in total. The molecule has 1 spiro atoms. The fourth-order valence-electron chi connectivity index (χ4n) is 5.76. The van der Waals surface area contributed by atoms with Crippen LogP contribution in [0.5, 0.6) is 0 Å². The van der Waals surface area contributed by atoms with Crippen LogP contribution in [0.1, 0.15) is 38.2 Å². The van der Waals surface area contributed by atoms with Gasteiger partial charge in [0, 0.05) is 60.2 Å². The summed E-state index contributed by atoms with van der Waals surface area (Å²) in [5.41, 5.74) is 2.58. The van der Waals surface area contributed by atoms with Crippen LogP contribution in [-0.4, -0.2) is 62.2 Å². The van der Waals surface area contributed by atoms with Crippen molar-refractivity contribution < 1.29 is 33.5 Å². The van der Waals surface area contributed by atoms with Gasteiger partial charge in [0.25, 0.3) is 5.69 Å². The van der Waals surface area contributed by atoms with Gasteiger partial charge in [0.05, 0.1) is 35.7 Å². The van der Waals surface area contributed by atoms with Crippen molar-refractivity contribution in [3.8, 4) is 0 Å². The zero-order valence-electron chi connectivity index (χ0n) is 23.6. The summed E-state index contributed by atoms with van der Waals surface area (Å²) in [5.74, 6) is -3.01. The number of methoxy groups -OCH3 is 1. The molecule has 0 aliphatic carbocycles. The molecule has 42 heavy (non-hydrogen) atoms. The highest BCUT2D eigenvalue weighted by molar-refractivity contribution is 6.30. The van der Waals surface area contributed by atoms with E-state index in [4.69, 9.17) is 30.5 Å². The average molecular weight is 598 g/mol. The van der Waals surface area contributed by atoms with Crippen molar-refractivity contribution in [1.29, 1.82) is 0 Å². The lowest BCUT2D eigenvalue weighted by atomic mass is 9.80. The maximum Gasteiger partial charge on any atom is 0.336 e. The number of hydrogen-bond donors (Lipinski definition) is 1. The first-order chi connectivity index (χ1) is 20.1. The summed E-state index contributed by atoms with van der Waals surface area (Å²) in [6.45, 7) is 5.06. The van der Waals surface area contributed by atoms with E-state index in [1.807, 2.05) is 24.3 Å². The third kappa shape index (κ3) is 5.99. The molecule has 0 bridgehead atoms. The number of non-ortho nitro benzene ring substituents is 1. The number of benzene rings is 2. The SMILES string of the molecule is COC(=O)C1=C(C)NC(C)=C(C(=O)OCC2COC3(CCN(c4ccc(Cl)cc4)CC3)O2)C1c1cccc([N+](=O)[O-])c1. The van der Waals surface area contributed by atoms with Gasteiger partial charge in [-0.2, -0.15) is 0 Å². The molecule has 0 amide bonds. The number of ether oxygens (including phenoxy) is 4. The van der Waals surface area contributed by atoms with Crippen LogP contribution in [0.4, 0.5) is 11.4 Å². The molecular formula is C30H32ClN3O8. The first kappa shape index (κ1) is 29.6. The standard InChI is InChI=1S/C30H32ClN3O8/c1-18-25(28(35)39-3)27(20-5-4-6-23(15-20)34(37)38)26(19(2)32-18)29(36)40-16-24-17-41-30(42-24)11-13-33(14-12-30)22-9-7-21(31)8-10-22/h4-10,15,24,27,32H,11-14,16-17H2,1-3H3. The van der Waals surface area contributed by atoms with Crippen LogP contribution in [-0.2, 0) is 28.5 Å². The highest BCUT2D eigenvalue weighted by Crippen LogP contribution is 2.41. The normalized spacial score (nSPS) is 21.8. The van der Waals surface area contributed by atoms with Crippen LogP contribution < -0.4 is 10.2 Å². The molecule has 2 unspecified atom stereocenters. The fourth-order valence-corrected chi connectivity index (χ4v) is 5.89. The smallest absolute Gasteiger partial charge is 0.336 e. The lowest BCUT2D eigenvalue weighted by Gasteiger charge is -2.39. The van der Waals surface area contributed by atoms with Gasteiger partial charge >= 0.3 is 11.9 Å². The minimum absolute atomic E-state index is 0.0594. The largest absolute Gasteiger partial charge is 0.466 e.